The van der Waals surface area contributed by atoms with Gasteiger partial charge in [-0.05, 0) is 42.8 Å². The van der Waals surface area contributed by atoms with Gasteiger partial charge in [-0.25, -0.2) is 16.8 Å². The number of alkyl halides is 3. The van der Waals surface area contributed by atoms with E-state index in [1.165, 1.54) is 32.3 Å². The van der Waals surface area contributed by atoms with Gasteiger partial charge in [-0.2, -0.15) is 17.6 Å². The largest absolute Gasteiger partial charge is 0.497 e. The van der Waals surface area contributed by atoms with Crippen LogP contribution in [0.25, 0.3) is 0 Å². The monoisotopic (exact) mass is 547 g/mol. The Hall–Kier alpha value is -3.45. The molecule has 1 amide bonds. The van der Waals surface area contributed by atoms with Crippen LogP contribution in [0.5, 0.6) is 5.75 Å². The van der Waals surface area contributed by atoms with Gasteiger partial charge in [0.05, 0.1) is 27.8 Å². The minimum Gasteiger partial charge on any atom is -0.497 e. The highest BCUT2D eigenvalue weighted by Crippen LogP contribution is 2.34. The zero-order valence-corrected chi connectivity index (χ0v) is 20.5. The lowest BCUT2D eigenvalue weighted by Crippen LogP contribution is -2.38. The van der Waals surface area contributed by atoms with E-state index in [1.54, 1.807) is 5.32 Å². The number of halogens is 4. The zero-order chi connectivity index (χ0) is 27.3. The van der Waals surface area contributed by atoms with E-state index >= 15 is 0 Å². The number of carbonyl (C=O) groups excluding carboxylic acids is 1. The zero-order valence-electron chi connectivity index (χ0n) is 18.9. The van der Waals surface area contributed by atoms with Gasteiger partial charge in [-0.1, -0.05) is 36.9 Å². The molecule has 0 radical (unpaired) electrons. The molecular formula is C23H21F4NO6S2. The molecule has 1 atom stereocenters. The number of carbonyl (C=O) groups is 1. The Kier molecular flexibility index (Phi) is 8.86. The lowest BCUT2D eigenvalue weighted by Gasteiger charge is -2.16. The predicted molar refractivity (Wildman–Crippen MR) is 123 cm³/mol. The van der Waals surface area contributed by atoms with Gasteiger partial charge in [0, 0.05) is 6.07 Å². The molecule has 0 spiro atoms. The van der Waals surface area contributed by atoms with Crippen molar-refractivity contribution in [1.29, 1.82) is 0 Å². The smallest absolute Gasteiger partial charge is 0.471 e. The first-order valence-electron chi connectivity index (χ1n) is 9.97. The SMILES string of the molecule is C=C/C=C\C=C(\F)S(=O)(=O)c1cc(OC)ccc1S(=O)(=O)c1ccc([C@H](C)NC(=O)C(F)(F)F)cc1. The minimum atomic E-state index is -5.10. The molecule has 0 saturated heterocycles. The fourth-order valence-electron chi connectivity index (χ4n) is 2.88. The molecule has 2 rings (SSSR count). The van der Waals surface area contributed by atoms with Crippen molar-refractivity contribution in [2.75, 3.05) is 7.11 Å². The summed E-state index contributed by atoms with van der Waals surface area (Å²) in [6.07, 6.45) is -0.877. The van der Waals surface area contributed by atoms with Crippen molar-refractivity contribution < 1.29 is 43.9 Å². The highest BCUT2D eigenvalue weighted by atomic mass is 32.2. The summed E-state index contributed by atoms with van der Waals surface area (Å²) >= 11 is 0. The molecule has 0 aliphatic rings. The Labute approximate surface area is 205 Å². The van der Waals surface area contributed by atoms with Crippen LogP contribution in [0.2, 0.25) is 0 Å². The summed E-state index contributed by atoms with van der Waals surface area (Å²) in [4.78, 5) is 9.10. The van der Waals surface area contributed by atoms with Crippen LogP contribution in [-0.4, -0.2) is 36.0 Å². The maximum absolute atomic E-state index is 14.6. The quantitative estimate of drug-likeness (QED) is 0.364. The second-order valence-electron chi connectivity index (χ2n) is 7.17. The van der Waals surface area contributed by atoms with Crippen molar-refractivity contribution in [2.24, 2.45) is 0 Å². The van der Waals surface area contributed by atoms with Gasteiger partial charge in [-0.15, -0.1) is 0 Å². The van der Waals surface area contributed by atoms with Gasteiger partial charge >= 0.3 is 12.1 Å². The summed E-state index contributed by atoms with van der Waals surface area (Å²) in [6.45, 7) is 4.63. The first-order chi connectivity index (χ1) is 16.7. The Morgan fingerprint density at radius 2 is 1.64 bits per heavy atom. The number of allylic oxidation sites excluding steroid dienone is 4. The topological polar surface area (TPSA) is 107 Å². The van der Waals surface area contributed by atoms with Crippen LogP contribution in [0.1, 0.15) is 18.5 Å². The molecular weight excluding hydrogens is 526 g/mol. The third kappa shape index (κ3) is 6.40. The molecule has 0 aromatic heterocycles. The average Bonchev–Trinajstić information content (AvgIpc) is 2.83. The van der Waals surface area contributed by atoms with Gasteiger partial charge in [0.25, 0.3) is 0 Å². The normalized spacial score (nSPS) is 13.9. The second-order valence-corrected chi connectivity index (χ2v) is 10.9. The van der Waals surface area contributed by atoms with Gasteiger partial charge in [-0.3, -0.25) is 4.79 Å². The van der Waals surface area contributed by atoms with E-state index in [0.29, 0.717) is 6.08 Å². The molecule has 7 nitrogen and oxygen atoms in total. The Bertz CT molecular complexity index is 1410. The highest BCUT2D eigenvalue weighted by Gasteiger charge is 2.39. The number of methoxy groups -OCH3 is 1. The van der Waals surface area contributed by atoms with Gasteiger partial charge in [0.2, 0.25) is 24.8 Å². The third-order valence-corrected chi connectivity index (χ3v) is 8.28. The predicted octanol–water partition coefficient (Wildman–Crippen LogP) is 4.59. The van der Waals surface area contributed by atoms with E-state index in [0.717, 1.165) is 42.5 Å². The molecule has 1 N–H and O–H groups in total. The summed E-state index contributed by atoms with van der Waals surface area (Å²) in [5, 5.41) is 0.105. The van der Waals surface area contributed by atoms with Crippen molar-refractivity contribution >= 4 is 25.6 Å². The highest BCUT2D eigenvalue weighted by molar-refractivity contribution is 7.96. The van der Waals surface area contributed by atoms with Gasteiger partial charge < -0.3 is 10.1 Å². The van der Waals surface area contributed by atoms with Crippen molar-refractivity contribution in [3.63, 3.8) is 0 Å². The molecule has 0 aliphatic carbocycles. The number of amides is 1. The molecule has 0 saturated carbocycles. The van der Waals surface area contributed by atoms with Crippen LogP contribution >= 0.6 is 0 Å². The van der Waals surface area contributed by atoms with Crippen molar-refractivity contribution in [3.8, 4) is 5.75 Å². The molecule has 194 valence electrons. The molecule has 2 aromatic carbocycles. The molecule has 2 aromatic rings. The van der Waals surface area contributed by atoms with Crippen LogP contribution in [0.3, 0.4) is 0 Å². The molecule has 36 heavy (non-hydrogen) atoms. The molecule has 0 aliphatic heterocycles. The number of rotatable bonds is 9. The van der Waals surface area contributed by atoms with Gasteiger partial charge in [0.1, 0.15) is 5.75 Å². The number of ether oxygens (including phenoxy) is 1. The second kappa shape index (κ2) is 11.1. The van der Waals surface area contributed by atoms with Crippen LogP contribution in [0, 0.1) is 0 Å². The van der Waals surface area contributed by atoms with Crippen LogP contribution < -0.4 is 10.1 Å². The number of benzene rings is 2. The number of nitrogens with one attached hydrogen (secondary N) is 1. The van der Waals surface area contributed by atoms with E-state index in [9.17, 15) is 39.2 Å². The Morgan fingerprint density at radius 1 is 1.03 bits per heavy atom. The number of hydrogen-bond donors (Lipinski definition) is 1. The summed E-state index contributed by atoms with van der Waals surface area (Å²) in [5.41, 5.74) is 0.150. The first-order valence-corrected chi connectivity index (χ1v) is 12.9. The Balaban J connectivity index is 2.54. The van der Waals surface area contributed by atoms with E-state index in [1.807, 2.05) is 0 Å². The fourth-order valence-corrected chi connectivity index (χ4v) is 5.93. The fraction of sp³-hybridized carbons (Fsp3) is 0.174. The average molecular weight is 548 g/mol. The van der Waals surface area contributed by atoms with Crippen molar-refractivity contribution in [3.05, 3.63) is 84.1 Å². The van der Waals surface area contributed by atoms with Crippen LogP contribution in [0.15, 0.2) is 93.2 Å². The molecule has 13 heteroatoms. The van der Waals surface area contributed by atoms with Crippen molar-refractivity contribution in [2.45, 2.75) is 33.8 Å². The van der Waals surface area contributed by atoms with Crippen LogP contribution in [0.4, 0.5) is 17.6 Å². The van der Waals surface area contributed by atoms with E-state index in [2.05, 4.69) is 6.58 Å². The number of hydrogen-bond acceptors (Lipinski definition) is 6. The van der Waals surface area contributed by atoms with E-state index in [-0.39, 0.29) is 11.3 Å². The summed E-state index contributed by atoms with van der Waals surface area (Å²) < 4.78 is 109. The molecule has 0 heterocycles. The van der Waals surface area contributed by atoms with E-state index in [4.69, 9.17) is 4.74 Å². The van der Waals surface area contributed by atoms with Crippen molar-refractivity contribution in [1.82, 2.24) is 5.32 Å². The summed E-state index contributed by atoms with van der Waals surface area (Å²) in [6, 6.07) is 6.23. The Morgan fingerprint density at radius 3 is 2.17 bits per heavy atom. The third-order valence-electron chi connectivity index (χ3n) is 4.76. The minimum absolute atomic E-state index is 0.0495. The van der Waals surface area contributed by atoms with E-state index < -0.39 is 57.6 Å². The standard InChI is InChI=1S/C23H21F4NO6S2/c1-4-5-6-7-21(24)36(32,33)20-14-17(34-3)10-13-19(20)35(30,31)18-11-8-16(9-12-18)15(2)28-22(29)23(25,26)27/h4-15H,1H2,2-3H3,(H,28,29)/b6-5-,21-7-/t15-/m0/s1. The maximum atomic E-state index is 14.6. The molecule has 0 bridgehead atoms. The van der Waals surface area contributed by atoms with Gasteiger partial charge in [0.15, 0.2) is 0 Å². The lowest BCUT2D eigenvalue weighted by molar-refractivity contribution is -0.174. The summed E-state index contributed by atoms with van der Waals surface area (Å²) in [7, 11) is -8.28. The summed E-state index contributed by atoms with van der Waals surface area (Å²) in [5.74, 6) is -2.22. The lowest BCUT2D eigenvalue weighted by atomic mass is 10.1. The maximum Gasteiger partial charge on any atom is 0.471 e. The first kappa shape index (κ1) is 28.8. The van der Waals surface area contributed by atoms with Crippen LogP contribution in [-0.2, 0) is 24.5 Å². The molecule has 0 fully saturated rings. The number of sulfone groups is 2. The molecule has 0 unspecified atom stereocenters.